The SMILES string of the molecule is Cc1ccccc1C(C=O)C1C=CC=CN1N(C)C. The second-order valence-corrected chi connectivity index (χ2v) is 4.96. The number of carbonyl (C=O) groups is 1. The van der Waals surface area contributed by atoms with E-state index in [1.54, 1.807) is 0 Å². The van der Waals surface area contributed by atoms with Crippen LogP contribution in [0.15, 0.2) is 48.7 Å². The molecule has 0 saturated heterocycles. The van der Waals surface area contributed by atoms with E-state index >= 15 is 0 Å². The Labute approximate surface area is 114 Å². The van der Waals surface area contributed by atoms with Crippen molar-refractivity contribution in [2.75, 3.05) is 14.1 Å². The molecule has 3 nitrogen and oxygen atoms in total. The molecule has 2 unspecified atom stereocenters. The molecule has 2 rings (SSSR count). The highest BCUT2D eigenvalue weighted by Gasteiger charge is 2.28. The van der Waals surface area contributed by atoms with Crippen LogP contribution >= 0.6 is 0 Å². The number of aldehydes is 1. The quantitative estimate of drug-likeness (QED) is 0.773. The highest BCUT2D eigenvalue weighted by molar-refractivity contribution is 5.65. The standard InChI is InChI=1S/C16H20N2O/c1-13-8-4-5-9-14(13)15(12-19)16-10-6-7-11-18(16)17(2)3/h4-12,15-16H,1-3H3. The van der Waals surface area contributed by atoms with E-state index in [0.717, 1.165) is 17.4 Å². The van der Waals surface area contributed by atoms with Crippen molar-refractivity contribution in [3.8, 4) is 0 Å². The summed E-state index contributed by atoms with van der Waals surface area (Å²) >= 11 is 0. The molecule has 0 bridgehead atoms. The lowest BCUT2D eigenvalue weighted by Crippen LogP contribution is -2.44. The first kappa shape index (κ1) is 13.6. The molecule has 1 aromatic rings. The van der Waals surface area contributed by atoms with Gasteiger partial charge in [-0.1, -0.05) is 36.4 Å². The molecule has 0 aromatic heterocycles. The number of aryl methyl sites for hydroxylation is 1. The average Bonchev–Trinajstić information content (AvgIpc) is 2.42. The third-order valence-electron chi connectivity index (χ3n) is 3.49. The molecule has 1 aromatic carbocycles. The summed E-state index contributed by atoms with van der Waals surface area (Å²) in [6.45, 7) is 2.05. The zero-order valence-electron chi connectivity index (χ0n) is 11.7. The first-order chi connectivity index (χ1) is 9.15. The van der Waals surface area contributed by atoms with Crippen LogP contribution in [-0.4, -0.2) is 36.4 Å². The van der Waals surface area contributed by atoms with Gasteiger partial charge < -0.3 is 9.80 Å². The minimum atomic E-state index is -0.162. The summed E-state index contributed by atoms with van der Waals surface area (Å²) < 4.78 is 0. The van der Waals surface area contributed by atoms with E-state index in [4.69, 9.17) is 0 Å². The molecule has 0 amide bonds. The third-order valence-corrected chi connectivity index (χ3v) is 3.49. The molecule has 100 valence electrons. The minimum Gasteiger partial charge on any atom is -0.306 e. The molecule has 0 N–H and O–H groups in total. The molecule has 0 spiro atoms. The monoisotopic (exact) mass is 256 g/mol. The van der Waals surface area contributed by atoms with E-state index in [9.17, 15) is 4.79 Å². The molecule has 3 heteroatoms. The average molecular weight is 256 g/mol. The first-order valence-electron chi connectivity index (χ1n) is 6.46. The fourth-order valence-corrected chi connectivity index (χ4v) is 2.49. The van der Waals surface area contributed by atoms with Crippen molar-refractivity contribution in [2.45, 2.75) is 18.9 Å². The highest BCUT2D eigenvalue weighted by Crippen LogP contribution is 2.27. The third kappa shape index (κ3) is 2.76. The lowest BCUT2D eigenvalue weighted by molar-refractivity contribution is -0.111. The number of hydrogen-bond donors (Lipinski definition) is 0. The number of hydrazine groups is 1. The number of carbonyl (C=O) groups excluding carboxylic acids is 1. The molecule has 0 saturated carbocycles. The molecular weight excluding hydrogens is 236 g/mol. The smallest absolute Gasteiger partial charge is 0.129 e. The maximum absolute atomic E-state index is 11.6. The Bertz CT molecular complexity index is 505. The van der Waals surface area contributed by atoms with E-state index in [-0.39, 0.29) is 12.0 Å². The van der Waals surface area contributed by atoms with Crippen LogP contribution in [0.3, 0.4) is 0 Å². The van der Waals surface area contributed by atoms with Gasteiger partial charge in [-0.15, -0.1) is 0 Å². The van der Waals surface area contributed by atoms with Crippen molar-refractivity contribution in [2.24, 2.45) is 0 Å². The van der Waals surface area contributed by atoms with Crippen LogP contribution in [-0.2, 0) is 4.79 Å². The van der Waals surface area contributed by atoms with Gasteiger partial charge in [0, 0.05) is 20.3 Å². The Morgan fingerprint density at radius 3 is 2.63 bits per heavy atom. The van der Waals surface area contributed by atoms with Gasteiger partial charge in [-0.3, -0.25) is 0 Å². The minimum absolute atomic E-state index is 0.0265. The van der Waals surface area contributed by atoms with Crippen LogP contribution in [0.4, 0.5) is 0 Å². The van der Waals surface area contributed by atoms with Crippen molar-refractivity contribution >= 4 is 6.29 Å². The highest BCUT2D eigenvalue weighted by atomic mass is 16.1. The zero-order chi connectivity index (χ0) is 13.8. The van der Waals surface area contributed by atoms with Crippen molar-refractivity contribution < 1.29 is 4.79 Å². The fraction of sp³-hybridized carbons (Fsp3) is 0.312. The van der Waals surface area contributed by atoms with Crippen molar-refractivity contribution in [1.29, 1.82) is 0 Å². The molecule has 0 radical (unpaired) electrons. The predicted molar refractivity (Wildman–Crippen MR) is 77.6 cm³/mol. The summed E-state index contributed by atoms with van der Waals surface area (Å²) in [5, 5.41) is 4.07. The summed E-state index contributed by atoms with van der Waals surface area (Å²) in [6.07, 6.45) is 9.10. The number of nitrogens with zero attached hydrogens (tertiary/aromatic N) is 2. The Morgan fingerprint density at radius 1 is 1.26 bits per heavy atom. The Hall–Kier alpha value is -1.87. The van der Waals surface area contributed by atoms with Crippen molar-refractivity contribution in [3.63, 3.8) is 0 Å². The molecule has 1 heterocycles. The molecule has 19 heavy (non-hydrogen) atoms. The molecule has 0 fully saturated rings. The van der Waals surface area contributed by atoms with E-state index in [0.29, 0.717) is 0 Å². The van der Waals surface area contributed by atoms with Gasteiger partial charge in [-0.05, 0) is 24.1 Å². The first-order valence-corrected chi connectivity index (χ1v) is 6.46. The van der Waals surface area contributed by atoms with Gasteiger partial charge in [0.2, 0.25) is 0 Å². The van der Waals surface area contributed by atoms with E-state index in [1.165, 1.54) is 0 Å². The summed E-state index contributed by atoms with van der Waals surface area (Å²) in [4.78, 5) is 11.6. The van der Waals surface area contributed by atoms with E-state index in [1.807, 2.05) is 68.6 Å². The normalized spacial score (nSPS) is 19.8. The van der Waals surface area contributed by atoms with Crippen LogP contribution in [0.2, 0.25) is 0 Å². The van der Waals surface area contributed by atoms with Crippen molar-refractivity contribution in [1.82, 2.24) is 10.0 Å². The topological polar surface area (TPSA) is 23.6 Å². The Morgan fingerprint density at radius 2 is 2.00 bits per heavy atom. The van der Waals surface area contributed by atoms with Gasteiger partial charge in [0.1, 0.15) is 6.29 Å². The van der Waals surface area contributed by atoms with E-state index in [2.05, 4.69) is 11.1 Å². The summed E-state index contributed by atoms with van der Waals surface area (Å²) in [7, 11) is 3.96. The van der Waals surface area contributed by atoms with E-state index < -0.39 is 0 Å². The van der Waals surface area contributed by atoms with Gasteiger partial charge in [0.25, 0.3) is 0 Å². The van der Waals surface area contributed by atoms with Crippen LogP contribution in [0.25, 0.3) is 0 Å². The van der Waals surface area contributed by atoms with Gasteiger partial charge in [-0.25, -0.2) is 5.01 Å². The predicted octanol–water partition coefficient (Wildman–Crippen LogP) is 2.51. The number of rotatable bonds is 4. The van der Waals surface area contributed by atoms with Crippen LogP contribution in [0.5, 0.6) is 0 Å². The summed E-state index contributed by atoms with van der Waals surface area (Å²) in [6, 6.07) is 8.10. The molecule has 2 atom stereocenters. The second kappa shape index (κ2) is 5.85. The maximum atomic E-state index is 11.6. The lowest BCUT2D eigenvalue weighted by atomic mass is 9.88. The number of allylic oxidation sites excluding steroid dienone is 2. The van der Waals surface area contributed by atoms with Gasteiger partial charge in [-0.2, -0.15) is 0 Å². The number of benzene rings is 1. The molecular formula is C16H20N2O. The van der Waals surface area contributed by atoms with Gasteiger partial charge in [0.05, 0.1) is 12.0 Å². The fourth-order valence-electron chi connectivity index (χ4n) is 2.49. The van der Waals surface area contributed by atoms with Crippen LogP contribution < -0.4 is 0 Å². The molecule has 1 aliphatic heterocycles. The Kier molecular flexibility index (Phi) is 4.17. The maximum Gasteiger partial charge on any atom is 0.129 e. The van der Waals surface area contributed by atoms with Crippen LogP contribution in [0.1, 0.15) is 17.0 Å². The summed E-state index contributed by atoms with van der Waals surface area (Å²) in [5.74, 6) is -0.162. The molecule has 0 aliphatic carbocycles. The largest absolute Gasteiger partial charge is 0.306 e. The lowest BCUT2D eigenvalue weighted by Gasteiger charge is -2.38. The van der Waals surface area contributed by atoms with Crippen molar-refractivity contribution in [3.05, 3.63) is 59.8 Å². The Balaban J connectivity index is 2.36. The number of hydrogen-bond acceptors (Lipinski definition) is 3. The summed E-state index contributed by atoms with van der Waals surface area (Å²) in [5.41, 5.74) is 2.25. The molecule has 1 aliphatic rings. The van der Waals surface area contributed by atoms with Gasteiger partial charge >= 0.3 is 0 Å². The van der Waals surface area contributed by atoms with Gasteiger partial charge in [0.15, 0.2) is 0 Å². The second-order valence-electron chi connectivity index (χ2n) is 4.96. The zero-order valence-corrected chi connectivity index (χ0v) is 11.7. The van der Waals surface area contributed by atoms with Crippen LogP contribution in [0, 0.1) is 6.92 Å².